The van der Waals surface area contributed by atoms with Gasteiger partial charge < -0.3 is 15.2 Å². The normalized spacial score (nSPS) is 19.0. The molecule has 16 heteroatoms. The number of methoxy groups -OCH3 is 1. The van der Waals surface area contributed by atoms with Crippen molar-refractivity contribution in [2.75, 3.05) is 12.4 Å². The lowest BCUT2D eigenvalue weighted by Gasteiger charge is -2.44. The zero-order valence-corrected chi connectivity index (χ0v) is 21.8. The molecule has 0 saturated heterocycles. The van der Waals surface area contributed by atoms with Gasteiger partial charge in [-0.25, -0.2) is 14.5 Å². The number of pyridine rings is 2. The number of amides is 2. The number of aliphatic hydroxyl groups is 1. The van der Waals surface area contributed by atoms with E-state index in [2.05, 4.69) is 30.7 Å². The van der Waals surface area contributed by atoms with Gasteiger partial charge in [0.2, 0.25) is 10.1 Å². The second-order valence-corrected chi connectivity index (χ2v) is 10.2. The summed E-state index contributed by atoms with van der Waals surface area (Å²) < 4.78 is 45.0. The van der Waals surface area contributed by atoms with E-state index in [1.807, 2.05) is 0 Å². The second kappa shape index (κ2) is 9.73. The predicted molar refractivity (Wildman–Crippen MR) is 134 cm³/mol. The maximum Gasteiger partial charge on any atom is 0.417 e. The molecule has 1 aliphatic rings. The van der Waals surface area contributed by atoms with E-state index in [1.54, 1.807) is 19.1 Å². The van der Waals surface area contributed by atoms with Crippen LogP contribution in [0.5, 0.6) is 5.75 Å². The number of halogens is 4. The number of aryl methyl sites for hydroxylation is 1. The van der Waals surface area contributed by atoms with Crippen molar-refractivity contribution in [1.82, 2.24) is 29.9 Å². The van der Waals surface area contributed by atoms with Crippen molar-refractivity contribution in [1.29, 1.82) is 0 Å². The number of ether oxygens (including phenoxy) is 1. The SMILES string of the molecule is COc1cnc(Cl)cc1-c1cc(C)ncc1C(=O)Nc1nn2cc(C(=O)NC3CC(O)(C(F)(F)F)C3)nc2s1. The summed E-state index contributed by atoms with van der Waals surface area (Å²) in [5, 5.41) is 19.2. The first-order chi connectivity index (χ1) is 18.4. The van der Waals surface area contributed by atoms with Gasteiger partial charge in [-0.15, -0.1) is 5.10 Å². The van der Waals surface area contributed by atoms with Gasteiger partial charge in [-0.2, -0.15) is 13.2 Å². The third-order valence-electron chi connectivity index (χ3n) is 6.16. The van der Waals surface area contributed by atoms with Gasteiger partial charge in [0.1, 0.15) is 16.6 Å². The molecule has 4 heterocycles. The first-order valence-corrected chi connectivity index (χ1v) is 12.5. The lowest BCUT2D eigenvalue weighted by atomic mass is 9.75. The molecule has 1 aliphatic carbocycles. The number of rotatable bonds is 6. The maximum atomic E-state index is 13.2. The van der Waals surface area contributed by atoms with Crippen LogP contribution in [0.3, 0.4) is 0 Å². The number of hydrogen-bond donors (Lipinski definition) is 3. The average Bonchev–Trinajstić information content (AvgIpc) is 3.41. The molecule has 39 heavy (non-hydrogen) atoms. The van der Waals surface area contributed by atoms with Gasteiger partial charge in [0.05, 0.1) is 25.1 Å². The van der Waals surface area contributed by atoms with E-state index >= 15 is 0 Å². The fourth-order valence-corrected chi connectivity index (χ4v) is 5.06. The number of fused-ring (bicyclic) bond motifs is 1. The molecule has 204 valence electrons. The highest BCUT2D eigenvalue weighted by molar-refractivity contribution is 7.20. The molecule has 2 amide bonds. The Bertz CT molecular complexity index is 1570. The molecule has 0 aliphatic heterocycles. The van der Waals surface area contributed by atoms with E-state index in [0.717, 1.165) is 11.3 Å². The highest BCUT2D eigenvalue weighted by atomic mass is 35.5. The Morgan fingerprint density at radius 3 is 2.62 bits per heavy atom. The van der Waals surface area contributed by atoms with Crippen LogP contribution in [0.15, 0.2) is 30.7 Å². The average molecular weight is 582 g/mol. The molecule has 4 aromatic rings. The molecule has 0 unspecified atom stereocenters. The fraction of sp³-hybridized carbons (Fsp3) is 0.304. The molecule has 11 nitrogen and oxygen atoms in total. The van der Waals surface area contributed by atoms with E-state index in [1.165, 1.54) is 30.2 Å². The summed E-state index contributed by atoms with van der Waals surface area (Å²) in [5.74, 6) is -0.819. The van der Waals surface area contributed by atoms with Crippen molar-refractivity contribution in [2.24, 2.45) is 0 Å². The zero-order valence-electron chi connectivity index (χ0n) is 20.2. The second-order valence-electron chi connectivity index (χ2n) is 8.90. The van der Waals surface area contributed by atoms with Crippen molar-refractivity contribution >= 4 is 44.8 Å². The number of carbonyl (C=O) groups is 2. The fourth-order valence-electron chi connectivity index (χ4n) is 4.13. The number of nitrogens with one attached hydrogen (secondary N) is 2. The number of imidazole rings is 1. The monoisotopic (exact) mass is 581 g/mol. The lowest BCUT2D eigenvalue weighted by Crippen LogP contribution is -2.62. The van der Waals surface area contributed by atoms with Crippen LogP contribution >= 0.6 is 22.9 Å². The Balaban J connectivity index is 1.31. The maximum absolute atomic E-state index is 13.2. The first-order valence-electron chi connectivity index (χ1n) is 11.3. The Morgan fingerprint density at radius 2 is 1.95 bits per heavy atom. The van der Waals surface area contributed by atoms with Crippen LogP contribution in [0.2, 0.25) is 5.15 Å². The molecule has 0 bridgehead atoms. The van der Waals surface area contributed by atoms with Gasteiger partial charge in [-0.1, -0.05) is 22.9 Å². The predicted octanol–water partition coefficient (Wildman–Crippen LogP) is 3.66. The van der Waals surface area contributed by atoms with Gasteiger partial charge in [-0.05, 0) is 19.1 Å². The van der Waals surface area contributed by atoms with Crippen molar-refractivity contribution < 1.29 is 32.6 Å². The Labute approximate surface area is 227 Å². The minimum atomic E-state index is -4.76. The van der Waals surface area contributed by atoms with E-state index in [9.17, 15) is 27.9 Å². The molecule has 0 radical (unpaired) electrons. The van der Waals surface area contributed by atoms with Crippen LogP contribution < -0.4 is 15.4 Å². The zero-order chi connectivity index (χ0) is 28.1. The molecule has 0 atom stereocenters. The summed E-state index contributed by atoms with van der Waals surface area (Å²) in [5.41, 5.74) is -0.947. The van der Waals surface area contributed by atoms with Crippen LogP contribution in [0.1, 0.15) is 39.4 Å². The molecule has 0 spiro atoms. The van der Waals surface area contributed by atoms with Crippen molar-refractivity contribution in [3.8, 4) is 16.9 Å². The Kier molecular flexibility index (Phi) is 6.68. The summed E-state index contributed by atoms with van der Waals surface area (Å²) in [4.78, 5) is 38.2. The van der Waals surface area contributed by atoms with Crippen LogP contribution in [0, 0.1) is 6.92 Å². The van der Waals surface area contributed by atoms with E-state index < -0.39 is 42.5 Å². The first kappa shape index (κ1) is 26.8. The van der Waals surface area contributed by atoms with E-state index in [4.69, 9.17) is 16.3 Å². The smallest absolute Gasteiger partial charge is 0.417 e. The molecule has 1 fully saturated rings. The highest BCUT2D eigenvalue weighted by Crippen LogP contribution is 2.45. The van der Waals surface area contributed by atoms with Gasteiger partial charge in [-0.3, -0.25) is 19.9 Å². The number of hydrogen-bond acceptors (Lipinski definition) is 9. The van der Waals surface area contributed by atoms with E-state index in [-0.39, 0.29) is 26.5 Å². The number of aromatic nitrogens is 5. The molecule has 4 aromatic heterocycles. The summed E-state index contributed by atoms with van der Waals surface area (Å²) in [7, 11) is 1.47. The standard InChI is InChI=1S/C23H19ClF3N7O4S/c1-10-3-12(13-4-17(24)29-8-16(13)38-2)14(7-28-10)18(35)32-20-33-34-9-15(31-21(34)39-20)19(36)30-11-5-22(37,6-11)23(25,26)27/h3-4,7-9,11,37H,5-6H2,1-2H3,(H,30,36)(H,32,33,35). The topological polar surface area (TPSA) is 144 Å². The Hall–Kier alpha value is -3.82. The third kappa shape index (κ3) is 5.12. The molecule has 0 aromatic carbocycles. The van der Waals surface area contributed by atoms with Gasteiger partial charge in [0.25, 0.3) is 11.8 Å². The minimum Gasteiger partial charge on any atom is -0.494 e. The number of carbonyl (C=O) groups excluding carboxylic acids is 2. The largest absolute Gasteiger partial charge is 0.494 e. The van der Waals surface area contributed by atoms with E-state index in [0.29, 0.717) is 22.6 Å². The van der Waals surface area contributed by atoms with Gasteiger partial charge >= 0.3 is 6.18 Å². The van der Waals surface area contributed by atoms with Crippen molar-refractivity contribution in [2.45, 2.75) is 37.6 Å². The molecule has 1 saturated carbocycles. The highest BCUT2D eigenvalue weighted by Gasteiger charge is 2.61. The summed E-state index contributed by atoms with van der Waals surface area (Å²) in [6.07, 6.45) is -1.88. The van der Waals surface area contributed by atoms with Crippen LogP contribution in [-0.4, -0.2) is 66.4 Å². The molecule has 5 rings (SSSR count). The third-order valence-corrected chi connectivity index (χ3v) is 7.20. The van der Waals surface area contributed by atoms with Crippen LogP contribution in [0.4, 0.5) is 18.3 Å². The minimum absolute atomic E-state index is 0.0687. The lowest BCUT2D eigenvalue weighted by molar-refractivity contribution is -0.291. The molecular weight excluding hydrogens is 563 g/mol. The summed E-state index contributed by atoms with van der Waals surface area (Å²) in [6.45, 7) is 1.77. The number of anilines is 1. The van der Waals surface area contributed by atoms with Crippen LogP contribution in [-0.2, 0) is 0 Å². The van der Waals surface area contributed by atoms with Gasteiger partial charge in [0, 0.05) is 41.9 Å². The quantitative estimate of drug-likeness (QED) is 0.293. The number of alkyl halides is 3. The molecule has 3 N–H and O–H groups in total. The molecular formula is C23H19ClF3N7O4S. The summed E-state index contributed by atoms with van der Waals surface area (Å²) in [6, 6.07) is 2.45. The van der Waals surface area contributed by atoms with Crippen molar-refractivity contribution in [3.63, 3.8) is 0 Å². The van der Waals surface area contributed by atoms with Gasteiger partial charge in [0.15, 0.2) is 5.60 Å². The summed E-state index contributed by atoms with van der Waals surface area (Å²) >= 11 is 7.06. The Morgan fingerprint density at radius 1 is 1.21 bits per heavy atom. The number of nitrogens with zero attached hydrogens (tertiary/aromatic N) is 5. The van der Waals surface area contributed by atoms with Crippen molar-refractivity contribution in [3.05, 3.63) is 52.8 Å². The van der Waals surface area contributed by atoms with Crippen LogP contribution in [0.25, 0.3) is 16.1 Å².